The van der Waals surface area contributed by atoms with Gasteiger partial charge in [0.15, 0.2) is 0 Å². The second kappa shape index (κ2) is 10.5. The molecule has 0 unspecified atom stereocenters. The Hall–Kier alpha value is -1.42. The Balaban J connectivity index is 1.42. The Bertz CT molecular complexity index is 1080. The second-order valence-electron chi connectivity index (χ2n) is 7.38. The molecule has 0 aliphatic carbocycles. The first-order chi connectivity index (χ1) is 14.7. The van der Waals surface area contributed by atoms with Gasteiger partial charge in [0, 0.05) is 31.8 Å². The fourth-order valence-electron chi connectivity index (χ4n) is 3.55. The van der Waals surface area contributed by atoms with Crippen molar-refractivity contribution in [3.05, 3.63) is 61.4 Å². The predicted octanol–water partition coefficient (Wildman–Crippen LogP) is 4.95. The molecule has 2 N–H and O–H groups in total. The Morgan fingerprint density at radius 1 is 1.03 bits per heavy atom. The SMILES string of the molecule is O=[N+](O)c1ccc2c(c1)CN(CCCCCNS(=O)(=O)c1ccc(Cl)c(Cl)c1Cl)CC2. The summed E-state index contributed by atoms with van der Waals surface area (Å²) < 4.78 is 27.4. The first kappa shape index (κ1) is 24.2. The van der Waals surface area contributed by atoms with Crippen LogP contribution in [0.5, 0.6) is 0 Å². The third kappa shape index (κ3) is 6.09. The Kier molecular flexibility index (Phi) is 8.18. The molecular formula is C20H23Cl3N3O4S+. The van der Waals surface area contributed by atoms with Gasteiger partial charge in [0.05, 0.1) is 20.0 Å². The fraction of sp³-hybridized carbons (Fsp3) is 0.400. The van der Waals surface area contributed by atoms with Crippen LogP contribution in [0.4, 0.5) is 5.69 Å². The molecule has 0 fully saturated rings. The highest BCUT2D eigenvalue weighted by Crippen LogP contribution is 2.34. The van der Waals surface area contributed by atoms with E-state index in [1.54, 1.807) is 12.1 Å². The van der Waals surface area contributed by atoms with Crippen molar-refractivity contribution in [3.8, 4) is 0 Å². The maximum atomic E-state index is 12.4. The average molecular weight is 508 g/mol. The summed E-state index contributed by atoms with van der Waals surface area (Å²) in [5.41, 5.74) is 2.47. The zero-order chi connectivity index (χ0) is 22.6. The van der Waals surface area contributed by atoms with Gasteiger partial charge >= 0.3 is 5.69 Å². The lowest BCUT2D eigenvalue weighted by molar-refractivity contribution is -0.729. The van der Waals surface area contributed by atoms with E-state index in [2.05, 4.69) is 9.62 Å². The predicted molar refractivity (Wildman–Crippen MR) is 121 cm³/mol. The molecule has 0 saturated heterocycles. The molecule has 0 radical (unpaired) electrons. The fourth-order valence-corrected chi connectivity index (χ4v) is 5.60. The van der Waals surface area contributed by atoms with E-state index in [9.17, 15) is 13.3 Å². The lowest BCUT2D eigenvalue weighted by Gasteiger charge is -2.28. The third-order valence-electron chi connectivity index (χ3n) is 5.23. The highest BCUT2D eigenvalue weighted by atomic mass is 35.5. The van der Waals surface area contributed by atoms with E-state index in [1.165, 1.54) is 17.7 Å². The molecule has 3 rings (SSSR count). The first-order valence-electron chi connectivity index (χ1n) is 9.82. The number of fused-ring (bicyclic) bond motifs is 1. The molecule has 1 heterocycles. The van der Waals surface area contributed by atoms with E-state index in [0.29, 0.717) is 13.0 Å². The number of benzene rings is 2. The number of sulfonamides is 1. The molecule has 2 aromatic carbocycles. The van der Waals surface area contributed by atoms with E-state index in [0.717, 1.165) is 44.5 Å². The van der Waals surface area contributed by atoms with Crippen molar-refractivity contribution in [2.75, 3.05) is 19.6 Å². The monoisotopic (exact) mass is 506 g/mol. The van der Waals surface area contributed by atoms with Gasteiger partial charge in [-0.3, -0.25) is 4.90 Å². The standard InChI is InChI=1S/C20H23Cl3N3O4S/c21-17-6-7-18(20(23)19(17)22)31(29,30)24-9-2-1-3-10-25-11-8-14-4-5-16(26(27)28)12-15(14)13-25/h4-7,12,24H,1-3,8-11,13H2,(H,27,28)/q+1. The van der Waals surface area contributed by atoms with Crippen LogP contribution in [-0.2, 0) is 23.0 Å². The summed E-state index contributed by atoms with van der Waals surface area (Å²) in [6.07, 6.45) is 3.34. The van der Waals surface area contributed by atoms with Crippen LogP contribution in [0.3, 0.4) is 0 Å². The number of nitrogens with one attached hydrogen (secondary N) is 1. The summed E-state index contributed by atoms with van der Waals surface area (Å²) in [4.78, 5) is 13.2. The van der Waals surface area contributed by atoms with Gasteiger partial charge in [0.25, 0.3) is 4.92 Å². The van der Waals surface area contributed by atoms with Crippen LogP contribution in [0.2, 0.25) is 15.1 Å². The van der Waals surface area contributed by atoms with E-state index in [4.69, 9.17) is 40.0 Å². The van der Waals surface area contributed by atoms with E-state index in [1.807, 2.05) is 6.07 Å². The van der Waals surface area contributed by atoms with Crippen molar-refractivity contribution in [1.29, 1.82) is 0 Å². The molecule has 0 spiro atoms. The minimum absolute atomic E-state index is 0.0170. The minimum Gasteiger partial charge on any atom is -0.299 e. The first-order valence-corrected chi connectivity index (χ1v) is 12.4. The summed E-state index contributed by atoms with van der Waals surface area (Å²) in [6.45, 7) is 2.81. The molecule has 2 aromatic rings. The van der Waals surface area contributed by atoms with Gasteiger partial charge in [0.1, 0.15) is 4.90 Å². The molecule has 1 aliphatic rings. The molecule has 0 atom stereocenters. The normalized spacial score (nSPS) is 14.4. The van der Waals surface area contributed by atoms with E-state index in [-0.39, 0.29) is 30.6 Å². The molecule has 31 heavy (non-hydrogen) atoms. The largest absolute Gasteiger partial charge is 0.316 e. The molecule has 168 valence electrons. The van der Waals surface area contributed by atoms with Crippen LogP contribution in [0.1, 0.15) is 30.4 Å². The summed E-state index contributed by atoms with van der Waals surface area (Å²) in [7, 11) is -3.77. The second-order valence-corrected chi connectivity index (χ2v) is 10.3. The number of hydrogen-bond acceptors (Lipinski definition) is 4. The molecule has 0 amide bonds. The molecule has 1 aliphatic heterocycles. The van der Waals surface area contributed by atoms with E-state index >= 15 is 0 Å². The average Bonchev–Trinajstić information content (AvgIpc) is 2.73. The van der Waals surface area contributed by atoms with Gasteiger partial charge < -0.3 is 0 Å². The van der Waals surface area contributed by atoms with Crippen LogP contribution in [0, 0.1) is 4.91 Å². The molecular weight excluding hydrogens is 485 g/mol. The lowest BCUT2D eigenvalue weighted by atomic mass is 9.99. The number of rotatable bonds is 9. The summed E-state index contributed by atoms with van der Waals surface area (Å²) in [5.74, 6) is 0. The van der Waals surface area contributed by atoms with Crippen LogP contribution in [-0.4, -0.2) is 43.1 Å². The number of nitrogens with zero attached hydrogens (tertiary/aromatic N) is 2. The highest BCUT2D eigenvalue weighted by Gasteiger charge is 2.22. The van der Waals surface area contributed by atoms with Gasteiger partial charge in [-0.2, -0.15) is 0 Å². The quantitative estimate of drug-likeness (QED) is 0.285. The topological polar surface area (TPSA) is 89.7 Å². The van der Waals surface area contributed by atoms with Crippen molar-refractivity contribution in [3.63, 3.8) is 0 Å². The zero-order valence-corrected chi connectivity index (χ0v) is 19.7. The van der Waals surface area contributed by atoms with Crippen LogP contribution < -0.4 is 4.72 Å². The van der Waals surface area contributed by atoms with Crippen molar-refractivity contribution >= 4 is 50.5 Å². The van der Waals surface area contributed by atoms with Crippen molar-refractivity contribution in [1.82, 2.24) is 9.62 Å². The van der Waals surface area contributed by atoms with Crippen LogP contribution >= 0.6 is 34.8 Å². The summed E-state index contributed by atoms with van der Waals surface area (Å²) in [6, 6.07) is 7.96. The number of unbranched alkanes of at least 4 members (excludes halogenated alkanes) is 2. The Labute approximate surface area is 196 Å². The molecule has 0 bridgehead atoms. The third-order valence-corrected chi connectivity index (χ3v) is 8.14. The molecule has 11 heteroatoms. The van der Waals surface area contributed by atoms with Gasteiger partial charge in [0.2, 0.25) is 10.0 Å². The van der Waals surface area contributed by atoms with Crippen molar-refractivity contribution in [2.45, 2.75) is 37.1 Å². The van der Waals surface area contributed by atoms with Gasteiger partial charge in [-0.05, 0) is 49.1 Å². The highest BCUT2D eigenvalue weighted by molar-refractivity contribution is 7.89. The molecule has 0 aromatic heterocycles. The van der Waals surface area contributed by atoms with Gasteiger partial charge in [-0.25, -0.2) is 18.3 Å². The Morgan fingerprint density at radius 2 is 1.81 bits per heavy atom. The summed E-state index contributed by atoms with van der Waals surface area (Å²) in [5, 5.41) is 9.21. The summed E-state index contributed by atoms with van der Waals surface area (Å²) >= 11 is 17.8. The Morgan fingerprint density at radius 3 is 2.55 bits per heavy atom. The van der Waals surface area contributed by atoms with Crippen molar-refractivity contribution in [2.24, 2.45) is 0 Å². The number of hydrogen-bond donors (Lipinski definition) is 2. The van der Waals surface area contributed by atoms with Gasteiger partial charge in [-0.15, -0.1) is 0 Å². The van der Waals surface area contributed by atoms with Crippen LogP contribution in [0.15, 0.2) is 35.2 Å². The molecule has 7 nitrogen and oxygen atoms in total. The van der Waals surface area contributed by atoms with Crippen molar-refractivity contribution < 1.29 is 18.5 Å². The van der Waals surface area contributed by atoms with E-state index < -0.39 is 10.0 Å². The van der Waals surface area contributed by atoms with Gasteiger partial charge in [-0.1, -0.05) is 47.3 Å². The van der Waals surface area contributed by atoms with Crippen LogP contribution in [0.25, 0.3) is 0 Å². The number of halogens is 3. The maximum Gasteiger partial charge on any atom is 0.316 e. The maximum absolute atomic E-state index is 12.4. The minimum atomic E-state index is -3.77. The lowest BCUT2D eigenvalue weighted by Crippen LogP contribution is -2.31. The molecule has 0 saturated carbocycles. The zero-order valence-electron chi connectivity index (χ0n) is 16.7. The smallest absolute Gasteiger partial charge is 0.299 e.